The van der Waals surface area contributed by atoms with Crippen molar-refractivity contribution in [3.8, 4) is 11.4 Å². The van der Waals surface area contributed by atoms with Crippen LogP contribution in [0, 0.1) is 17.5 Å². The van der Waals surface area contributed by atoms with Crippen LogP contribution in [-0.4, -0.2) is 24.5 Å². The zero-order chi connectivity index (χ0) is 21.3. The van der Waals surface area contributed by atoms with E-state index in [0.717, 1.165) is 17.6 Å². The Morgan fingerprint density at radius 2 is 1.60 bits per heavy atom. The number of fused-ring (bicyclic) bond motifs is 1. The van der Waals surface area contributed by atoms with E-state index in [-0.39, 0.29) is 18.9 Å². The molecule has 0 radical (unpaired) electrons. The molecule has 1 heterocycles. The zero-order valence-electron chi connectivity index (χ0n) is 15.5. The average molecular weight is 431 g/mol. The molecule has 1 aromatic heterocycles. The van der Waals surface area contributed by atoms with Gasteiger partial charge in [-0.15, -0.1) is 0 Å². The van der Waals surface area contributed by atoms with Gasteiger partial charge in [0.25, 0.3) is 0 Å². The van der Waals surface area contributed by atoms with Gasteiger partial charge in [-0.05, 0) is 54.6 Å². The van der Waals surface area contributed by atoms with Gasteiger partial charge in [-0.25, -0.2) is 31.3 Å². The van der Waals surface area contributed by atoms with Crippen LogP contribution in [-0.2, 0) is 16.6 Å². The van der Waals surface area contributed by atoms with Crippen LogP contribution in [0.15, 0.2) is 71.6 Å². The van der Waals surface area contributed by atoms with Crippen LogP contribution in [0.5, 0.6) is 0 Å². The molecule has 0 aliphatic carbocycles. The van der Waals surface area contributed by atoms with Crippen molar-refractivity contribution in [2.45, 2.75) is 11.4 Å². The summed E-state index contributed by atoms with van der Waals surface area (Å²) < 4.78 is 69.4. The molecule has 0 amide bonds. The summed E-state index contributed by atoms with van der Waals surface area (Å²) in [6.45, 7) is 0.0796. The Morgan fingerprint density at radius 3 is 2.37 bits per heavy atom. The van der Waals surface area contributed by atoms with Crippen molar-refractivity contribution in [3.63, 3.8) is 0 Å². The van der Waals surface area contributed by atoms with Crippen molar-refractivity contribution < 1.29 is 21.6 Å². The second-order valence-corrected chi connectivity index (χ2v) is 8.29. The number of hydrogen-bond acceptors (Lipinski definition) is 3. The molecule has 1 N–H and O–H groups in total. The number of nitrogens with one attached hydrogen (secondary N) is 1. The smallest absolute Gasteiger partial charge is 0.243 e. The van der Waals surface area contributed by atoms with Gasteiger partial charge in [0.15, 0.2) is 0 Å². The molecule has 0 spiro atoms. The molecular formula is C21H16F3N3O2S. The maximum Gasteiger partial charge on any atom is 0.243 e. The first-order valence-electron chi connectivity index (χ1n) is 9.01. The van der Waals surface area contributed by atoms with Crippen molar-refractivity contribution in [1.82, 2.24) is 14.3 Å². The molecule has 0 saturated heterocycles. The largest absolute Gasteiger partial charge is 0.323 e. The highest BCUT2D eigenvalue weighted by atomic mass is 32.2. The van der Waals surface area contributed by atoms with Gasteiger partial charge < -0.3 is 4.57 Å². The minimum Gasteiger partial charge on any atom is -0.323 e. The van der Waals surface area contributed by atoms with Gasteiger partial charge in [0.2, 0.25) is 10.0 Å². The Bertz CT molecular complexity index is 1320. The summed E-state index contributed by atoms with van der Waals surface area (Å²) in [7, 11) is -4.25. The third kappa shape index (κ3) is 3.94. The van der Waals surface area contributed by atoms with Gasteiger partial charge in [0.05, 0.1) is 11.0 Å². The first-order valence-corrected chi connectivity index (χ1v) is 10.5. The van der Waals surface area contributed by atoms with E-state index >= 15 is 0 Å². The van der Waals surface area contributed by atoms with Crippen LogP contribution in [0.2, 0.25) is 0 Å². The van der Waals surface area contributed by atoms with Crippen LogP contribution in [0.3, 0.4) is 0 Å². The first-order chi connectivity index (χ1) is 14.3. The van der Waals surface area contributed by atoms with Gasteiger partial charge >= 0.3 is 0 Å². The minimum atomic E-state index is -4.25. The number of aromatic nitrogens is 2. The second kappa shape index (κ2) is 7.92. The lowest BCUT2D eigenvalue weighted by Gasteiger charge is -2.11. The van der Waals surface area contributed by atoms with Crippen molar-refractivity contribution in [1.29, 1.82) is 0 Å². The van der Waals surface area contributed by atoms with Crippen molar-refractivity contribution in [2.24, 2.45) is 0 Å². The Balaban J connectivity index is 1.63. The van der Waals surface area contributed by atoms with E-state index in [1.165, 1.54) is 12.1 Å². The molecule has 0 bridgehead atoms. The van der Waals surface area contributed by atoms with Crippen LogP contribution in [0.1, 0.15) is 0 Å². The van der Waals surface area contributed by atoms with Gasteiger partial charge in [-0.2, -0.15) is 0 Å². The summed E-state index contributed by atoms with van der Waals surface area (Å²) in [6.07, 6.45) is 0. The lowest BCUT2D eigenvalue weighted by Crippen LogP contribution is -2.28. The standard InChI is InChI=1S/C21H16F3N3O2S/c22-15-7-5-14(6-8-15)21-26-18-3-1-2-4-19(18)27(21)12-11-25-30(28,29)20-13-16(23)9-10-17(20)24/h1-10,13,25H,11-12H2. The van der Waals surface area contributed by atoms with Crippen LogP contribution >= 0.6 is 0 Å². The van der Waals surface area contributed by atoms with E-state index in [1.54, 1.807) is 16.7 Å². The Kier molecular flexibility index (Phi) is 5.31. The molecule has 9 heteroatoms. The lowest BCUT2D eigenvalue weighted by atomic mass is 10.2. The highest BCUT2D eigenvalue weighted by molar-refractivity contribution is 7.89. The monoisotopic (exact) mass is 431 g/mol. The van der Waals surface area contributed by atoms with E-state index < -0.39 is 26.6 Å². The molecular weight excluding hydrogens is 415 g/mol. The number of benzene rings is 3. The topological polar surface area (TPSA) is 64.0 Å². The number of nitrogens with zero attached hydrogens (tertiary/aromatic N) is 2. The predicted molar refractivity (Wildman–Crippen MR) is 107 cm³/mol. The summed E-state index contributed by atoms with van der Waals surface area (Å²) >= 11 is 0. The molecule has 4 aromatic rings. The quantitative estimate of drug-likeness (QED) is 0.500. The molecule has 0 aliphatic rings. The Morgan fingerprint density at radius 1 is 0.900 bits per heavy atom. The normalized spacial score (nSPS) is 11.8. The number of rotatable bonds is 6. The number of halogens is 3. The molecule has 154 valence electrons. The highest BCUT2D eigenvalue weighted by Gasteiger charge is 2.20. The average Bonchev–Trinajstić information content (AvgIpc) is 3.09. The van der Waals surface area contributed by atoms with E-state index in [9.17, 15) is 21.6 Å². The molecule has 4 rings (SSSR count). The molecule has 0 unspecified atom stereocenters. The van der Waals surface area contributed by atoms with E-state index in [2.05, 4.69) is 9.71 Å². The van der Waals surface area contributed by atoms with Crippen LogP contribution in [0.25, 0.3) is 22.4 Å². The molecule has 0 saturated carbocycles. The SMILES string of the molecule is O=S(=O)(NCCn1c(-c2ccc(F)cc2)nc2ccccc21)c1cc(F)ccc1F. The van der Waals surface area contributed by atoms with Crippen LogP contribution < -0.4 is 4.72 Å². The lowest BCUT2D eigenvalue weighted by molar-refractivity contribution is 0.543. The number of imidazole rings is 1. The van der Waals surface area contributed by atoms with Gasteiger partial charge in [0, 0.05) is 18.7 Å². The molecule has 3 aromatic carbocycles. The summed E-state index contributed by atoms with van der Waals surface area (Å²) in [4.78, 5) is 3.81. The van der Waals surface area contributed by atoms with Gasteiger partial charge in [-0.3, -0.25) is 0 Å². The molecule has 0 aliphatic heterocycles. The molecule has 0 atom stereocenters. The third-order valence-electron chi connectivity index (χ3n) is 4.57. The Labute approximate surface area is 170 Å². The molecule has 30 heavy (non-hydrogen) atoms. The van der Waals surface area contributed by atoms with Crippen molar-refractivity contribution in [3.05, 3.63) is 84.2 Å². The summed E-state index contributed by atoms with van der Waals surface area (Å²) in [5.74, 6) is -1.74. The maximum absolute atomic E-state index is 13.9. The zero-order valence-corrected chi connectivity index (χ0v) is 16.3. The van der Waals surface area contributed by atoms with Gasteiger partial charge in [-0.1, -0.05) is 12.1 Å². The third-order valence-corrected chi connectivity index (χ3v) is 6.04. The number of sulfonamides is 1. The summed E-state index contributed by atoms with van der Waals surface area (Å²) in [5.41, 5.74) is 2.11. The maximum atomic E-state index is 13.9. The second-order valence-electron chi connectivity index (χ2n) is 6.56. The number of hydrogen-bond donors (Lipinski definition) is 1. The van der Waals surface area contributed by atoms with E-state index in [0.29, 0.717) is 23.0 Å². The van der Waals surface area contributed by atoms with Crippen molar-refractivity contribution >= 4 is 21.1 Å². The fourth-order valence-electron chi connectivity index (χ4n) is 3.17. The summed E-state index contributed by atoms with van der Waals surface area (Å²) in [6, 6.07) is 15.3. The first kappa shape index (κ1) is 20.1. The minimum absolute atomic E-state index is 0.0904. The van der Waals surface area contributed by atoms with Gasteiger partial charge in [0.1, 0.15) is 28.2 Å². The highest BCUT2D eigenvalue weighted by Crippen LogP contribution is 2.25. The van der Waals surface area contributed by atoms with E-state index in [4.69, 9.17) is 0 Å². The predicted octanol–water partition coefficient (Wildman–Crippen LogP) is 4.10. The van der Waals surface area contributed by atoms with Crippen LogP contribution in [0.4, 0.5) is 13.2 Å². The number of para-hydroxylation sites is 2. The molecule has 0 fully saturated rings. The fourth-order valence-corrected chi connectivity index (χ4v) is 4.28. The Hall–Kier alpha value is -3.17. The van der Waals surface area contributed by atoms with E-state index in [1.807, 2.05) is 24.3 Å². The summed E-state index contributed by atoms with van der Waals surface area (Å²) in [5, 5.41) is 0. The molecule has 5 nitrogen and oxygen atoms in total. The van der Waals surface area contributed by atoms with Crippen molar-refractivity contribution in [2.75, 3.05) is 6.54 Å². The fraction of sp³-hybridized carbons (Fsp3) is 0.0952.